The summed E-state index contributed by atoms with van der Waals surface area (Å²) in [4.78, 5) is 0. The van der Waals surface area contributed by atoms with Crippen LogP contribution in [0.5, 0.6) is 5.75 Å². The molecule has 0 saturated carbocycles. The third-order valence-electron chi connectivity index (χ3n) is 3.58. The summed E-state index contributed by atoms with van der Waals surface area (Å²) < 4.78 is 0. The van der Waals surface area contributed by atoms with Crippen LogP contribution in [0.4, 0.5) is 5.69 Å². The summed E-state index contributed by atoms with van der Waals surface area (Å²) in [6, 6.07) is 13.5. The number of aromatic hydroxyl groups is 1. The molecule has 0 radical (unpaired) electrons. The zero-order valence-electron chi connectivity index (χ0n) is 11.1. The van der Waals surface area contributed by atoms with Gasteiger partial charge in [-0.3, -0.25) is 0 Å². The zero-order valence-corrected chi connectivity index (χ0v) is 11.1. The van der Waals surface area contributed by atoms with Crippen LogP contribution in [0, 0.1) is 6.92 Å². The second kappa shape index (κ2) is 4.37. The van der Waals surface area contributed by atoms with Crippen LogP contribution < -0.4 is 5.73 Å². The van der Waals surface area contributed by atoms with Crippen LogP contribution in [-0.4, -0.2) is 5.11 Å². The lowest BCUT2D eigenvalue weighted by Crippen LogP contribution is -2.19. The van der Waals surface area contributed by atoms with E-state index in [0.29, 0.717) is 5.75 Å². The lowest BCUT2D eigenvalue weighted by atomic mass is 9.77. The van der Waals surface area contributed by atoms with Crippen molar-refractivity contribution in [1.29, 1.82) is 0 Å². The van der Waals surface area contributed by atoms with E-state index in [1.54, 1.807) is 12.1 Å². The van der Waals surface area contributed by atoms with Gasteiger partial charge >= 0.3 is 0 Å². The first kappa shape index (κ1) is 12.5. The second-order valence-electron chi connectivity index (χ2n) is 5.24. The van der Waals surface area contributed by atoms with Crippen molar-refractivity contribution >= 4 is 5.69 Å². The number of phenols is 1. The van der Waals surface area contributed by atoms with Crippen molar-refractivity contribution in [1.82, 2.24) is 0 Å². The molecule has 0 spiro atoms. The third-order valence-corrected chi connectivity index (χ3v) is 3.58. The Hall–Kier alpha value is -1.96. The molecule has 2 rings (SSSR count). The normalized spacial score (nSPS) is 11.5. The van der Waals surface area contributed by atoms with Crippen LogP contribution in [0.3, 0.4) is 0 Å². The predicted octanol–water partition coefficient (Wildman–Crippen LogP) is 3.61. The van der Waals surface area contributed by atoms with E-state index in [1.807, 2.05) is 25.1 Å². The van der Waals surface area contributed by atoms with Gasteiger partial charge in [0.25, 0.3) is 0 Å². The Morgan fingerprint density at radius 2 is 1.50 bits per heavy atom. The van der Waals surface area contributed by atoms with E-state index in [0.717, 1.165) is 11.3 Å². The van der Waals surface area contributed by atoms with Crippen LogP contribution in [0.2, 0.25) is 0 Å². The fourth-order valence-electron chi connectivity index (χ4n) is 2.11. The summed E-state index contributed by atoms with van der Waals surface area (Å²) in [5.41, 5.74) is 10.1. The quantitative estimate of drug-likeness (QED) is 0.789. The van der Waals surface area contributed by atoms with Gasteiger partial charge in [0.05, 0.1) is 0 Å². The van der Waals surface area contributed by atoms with Crippen LogP contribution in [-0.2, 0) is 5.41 Å². The fourth-order valence-corrected chi connectivity index (χ4v) is 2.11. The van der Waals surface area contributed by atoms with Gasteiger partial charge in [-0.25, -0.2) is 0 Å². The van der Waals surface area contributed by atoms with Crippen LogP contribution in [0.1, 0.15) is 30.5 Å². The van der Waals surface area contributed by atoms with Crippen molar-refractivity contribution in [3.63, 3.8) is 0 Å². The lowest BCUT2D eigenvalue weighted by Gasteiger charge is -2.26. The van der Waals surface area contributed by atoms with Gasteiger partial charge < -0.3 is 10.8 Å². The number of phenolic OH excluding ortho intramolecular Hbond substituents is 1. The summed E-state index contributed by atoms with van der Waals surface area (Å²) in [7, 11) is 0. The Morgan fingerprint density at radius 1 is 0.944 bits per heavy atom. The van der Waals surface area contributed by atoms with Crippen LogP contribution >= 0.6 is 0 Å². The molecule has 18 heavy (non-hydrogen) atoms. The number of aryl methyl sites for hydroxylation is 1. The number of nitrogens with two attached hydrogens (primary N) is 1. The molecule has 0 fully saturated rings. The molecule has 0 aliphatic carbocycles. The van der Waals surface area contributed by atoms with E-state index >= 15 is 0 Å². The van der Waals surface area contributed by atoms with Gasteiger partial charge in [0.15, 0.2) is 0 Å². The summed E-state index contributed by atoms with van der Waals surface area (Å²) in [6.07, 6.45) is 0. The van der Waals surface area contributed by atoms with Crippen molar-refractivity contribution < 1.29 is 5.11 Å². The highest BCUT2D eigenvalue weighted by Crippen LogP contribution is 2.33. The predicted molar refractivity (Wildman–Crippen MR) is 75.8 cm³/mol. The Balaban J connectivity index is 2.46. The molecule has 94 valence electrons. The molecular formula is C16H19NO. The number of hydrogen-bond donors (Lipinski definition) is 2. The Kier molecular flexibility index (Phi) is 3.04. The SMILES string of the molecule is Cc1cc(C(C)(C)c2ccc(O)cc2)ccc1N. The Bertz CT molecular complexity index is 556. The maximum absolute atomic E-state index is 9.36. The molecule has 2 nitrogen and oxygen atoms in total. The summed E-state index contributed by atoms with van der Waals surface area (Å²) in [5, 5.41) is 9.36. The van der Waals surface area contributed by atoms with Crippen molar-refractivity contribution in [3.8, 4) is 5.75 Å². The molecular weight excluding hydrogens is 222 g/mol. The fraction of sp³-hybridized carbons (Fsp3) is 0.250. The minimum Gasteiger partial charge on any atom is -0.508 e. The molecule has 0 unspecified atom stereocenters. The largest absolute Gasteiger partial charge is 0.508 e. The lowest BCUT2D eigenvalue weighted by molar-refractivity contribution is 0.474. The van der Waals surface area contributed by atoms with Crippen LogP contribution in [0.15, 0.2) is 42.5 Å². The topological polar surface area (TPSA) is 46.2 Å². The van der Waals surface area contributed by atoms with E-state index in [4.69, 9.17) is 5.73 Å². The smallest absolute Gasteiger partial charge is 0.115 e. The van der Waals surface area contributed by atoms with E-state index in [2.05, 4.69) is 26.0 Å². The monoisotopic (exact) mass is 241 g/mol. The van der Waals surface area contributed by atoms with Gasteiger partial charge in [-0.2, -0.15) is 0 Å². The molecule has 3 N–H and O–H groups in total. The molecule has 0 amide bonds. The van der Waals surface area contributed by atoms with Gasteiger partial charge in [-0.1, -0.05) is 38.1 Å². The summed E-state index contributed by atoms with van der Waals surface area (Å²) >= 11 is 0. The first-order valence-electron chi connectivity index (χ1n) is 6.07. The standard InChI is InChI=1S/C16H19NO/c1-11-10-13(6-9-15(11)17)16(2,3)12-4-7-14(18)8-5-12/h4-10,18H,17H2,1-3H3. The molecule has 0 aliphatic rings. The van der Waals surface area contributed by atoms with Crippen molar-refractivity contribution in [2.75, 3.05) is 5.73 Å². The molecule has 0 saturated heterocycles. The maximum atomic E-state index is 9.36. The van der Waals surface area contributed by atoms with E-state index in [1.165, 1.54) is 11.1 Å². The number of rotatable bonds is 2. The van der Waals surface area contributed by atoms with E-state index < -0.39 is 0 Å². The van der Waals surface area contributed by atoms with Gasteiger partial charge in [0, 0.05) is 11.1 Å². The zero-order chi connectivity index (χ0) is 13.3. The average Bonchev–Trinajstić information content (AvgIpc) is 2.33. The van der Waals surface area contributed by atoms with Gasteiger partial charge in [-0.15, -0.1) is 0 Å². The minimum atomic E-state index is -0.105. The Morgan fingerprint density at radius 3 is 2.06 bits per heavy atom. The third kappa shape index (κ3) is 2.19. The van der Waals surface area contributed by atoms with E-state index in [-0.39, 0.29) is 5.41 Å². The highest BCUT2D eigenvalue weighted by molar-refractivity contribution is 5.51. The molecule has 0 aromatic heterocycles. The van der Waals surface area contributed by atoms with Gasteiger partial charge in [0.2, 0.25) is 0 Å². The van der Waals surface area contributed by atoms with Crippen LogP contribution in [0.25, 0.3) is 0 Å². The summed E-state index contributed by atoms with van der Waals surface area (Å²) in [5.74, 6) is 0.294. The van der Waals surface area contributed by atoms with Crippen molar-refractivity contribution in [3.05, 3.63) is 59.2 Å². The van der Waals surface area contributed by atoms with Gasteiger partial charge in [0.1, 0.15) is 5.75 Å². The van der Waals surface area contributed by atoms with Crippen molar-refractivity contribution in [2.24, 2.45) is 0 Å². The highest BCUT2D eigenvalue weighted by Gasteiger charge is 2.23. The molecule has 2 aromatic carbocycles. The first-order valence-corrected chi connectivity index (χ1v) is 6.07. The number of benzene rings is 2. The molecule has 2 heteroatoms. The highest BCUT2D eigenvalue weighted by atomic mass is 16.3. The van der Waals surface area contributed by atoms with Crippen molar-refractivity contribution in [2.45, 2.75) is 26.2 Å². The van der Waals surface area contributed by atoms with E-state index in [9.17, 15) is 5.11 Å². The molecule has 0 atom stereocenters. The van der Waals surface area contributed by atoms with Gasteiger partial charge in [-0.05, 0) is 41.8 Å². The molecule has 0 bridgehead atoms. The number of hydrogen-bond acceptors (Lipinski definition) is 2. The number of anilines is 1. The molecule has 0 aliphatic heterocycles. The summed E-state index contributed by atoms with van der Waals surface area (Å²) in [6.45, 7) is 6.36. The Labute approximate surface area is 108 Å². The number of nitrogen functional groups attached to an aromatic ring is 1. The second-order valence-corrected chi connectivity index (χ2v) is 5.24. The minimum absolute atomic E-state index is 0.105. The first-order chi connectivity index (χ1) is 8.41. The molecule has 0 heterocycles. The maximum Gasteiger partial charge on any atom is 0.115 e. The molecule has 2 aromatic rings. The average molecular weight is 241 g/mol.